The SMILES string of the molecule is [2H]C([2H])(OP1(=O)OCc2cc(C)cc(C)c2O1)[C@]1(F)C[C@@H](O)[C@H](n2cc(C)c(=O)[nH]c2=O)O1. The van der Waals surface area contributed by atoms with Gasteiger partial charge in [-0.05, 0) is 26.3 Å². The summed E-state index contributed by atoms with van der Waals surface area (Å²) in [5.41, 5.74) is 0.491. The molecule has 31 heavy (non-hydrogen) atoms. The summed E-state index contributed by atoms with van der Waals surface area (Å²) in [6, 6.07) is 3.49. The monoisotopic (exact) mass is 458 g/mol. The maximum Gasteiger partial charge on any atom is 0.530 e. The van der Waals surface area contributed by atoms with E-state index >= 15 is 4.39 Å². The van der Waals surface area contributed by atoms with E-state index in [4.69, 9.17) is 21.0 Å². The number of aryl methyl sites for hydroxylation is 3. The van der Waals surface area contributed by atoms with Crippen LogP contribution in [0.4, 0.5) is 4.39 Å². The minimum atomic E-state index is -4.63. The summed E-state index contributed by atoms with van der Waals surface area (Å²) in [5.74, 6) is -3.16. The second-order valence-corrected chi connectivity index (χ2v) is 9.08. The molecule has 4 atom stereocenters. The average molecular weight is 458 g/mol. The van der Waals surface area contributed by atoms with Crippen molar-refractivity contribution in [3.8, 4) is 5.75 Å². The molecule has 2 aliphatic rings. The van der Waals surface area contributed by atoms with Crippen LogP contribution in [-0.4, -0.2) is 33.2 Å². The third-order valence-corrected chi connectivity index (χ3v) is 6.08. The Balaban J connectivity index is 1.60. The topological polar surface area (TPSA) is 129 Å². The van der Waals surface area contributed by atoms with Crippen LogP contribution in [0.1, 0.15) is 37.6 Å². The van der Waals surface area contributed by atoms with Crippen molar-refractivity contribution in [1.82, 2.24) is 9.55 Å². The molecule has 168 valence electrons. The predicted octanol–water partition coefficient (Wildman–Crippen LogP) is 2.14. The molecule has 0 radical (unpaired) electrons. The van der Waals surface area contributed by atoms with Gasteiger partial charge in [0.1, 0.15) is 18.4 Å². The number of aliphatic hydroxyl groups is 1. The predicted molar refractivity (Wildman–Crippen MR) is 106 cm³/mol. The van der Waals surface area contributed by atoms with Crippen molar-refractivity contribution in [1.29, 1.82) is 0 Å². The molecule has 4 rings (SSSR count). The van der Waals surface area contributed by atoms with Crippen LogP contribution in [0.15, 0.2) is 27.9 Å². The van der Waals surface area contributed by atoms with Gasteiger partial charge in [0.2, 0.25) is 5.85 Å². The minimum Gasteiger partial charge on any atom is -0.403 e. The molecular weight excluding hydrogens is 434 g/mol. The smallest absolute Gasteiger partial charge is 0.403 e. The highest BCUT2D eigenvalue weighted by molar-refractivity contribution is 7.49. The Morgan fingerprint density at radius 3 is 2.87 bits per heavy atom. The number of aliphatic hydroxyl groups excluding tert-OH is 1. The fraction of sp³-hybridized carbons (Fsp3) is 0.474. The maximum atomic E-state index is 15.6. The third-order valence-electron chi connectivity index (χ3n) is 4.92. The molecule has 1 aromatic heterocycles. The van der Waals surface area contributed by atoms with Crippen molar-refractivity contribution in [2.75, 3.05) is 6.56 Å². The van der Waals surface area contributed by atoms with E-state index in [2.05, 4.69) is 0 Å². The highest BCUT2D eigenvalue weighted by Crippen LogP contribution is 2.56. The van der Waals surface area contributed by atoms with Crippen molar-refractivity contribution in [2.45, 2.75) is 52.0 Å². The van der Waals surface area contributed by atoms with Crippen molar-refractivity contribution in [3.05, 3.63) is 61.4 Å². The molecule has 0 saturated carbocycles. The zero-order valence-corrected chi connectivity index (χ0v) is 17.8. The number of phosphoric acid groups is 1. The van der Waals surface area contributed by atoms with E-state index in [9.17, 15) is 19.3 Å². The Labute approximate surface area is 179 Å². The normalized spacial score (nSPS) is 31.5. The van der Waals surface area contributed by atoms with Gasteiger partial charge in [0.05, 0.1) is 9.35 Å². The molecular formula is C19H22FN2O8P. The quantitative estimate of drug-likeness (QED) is 0.667. The van der Waals surface area contributed by atoms with Crippen LogP contribution < -0.4 is 15.8 Å². The molecule has 0 aliphatic carbocycles. The maximum absolute atomic E-state index is 15.6. The van der Waals surface area contributed by atoms with Crippen LogP contribution in [0.3, 0.4) is 0 Å². The molecule has 1 unspecified atom stereocenters. The van der Waals surface area contributed by atoms with Gasteiger partial charge in [-0.15, -0.1) is 0 Å². The number of ether oxygens (including phenoxy) is 1. The summed E-state index contributed by atoms with van der Waals surface area (Å²) in [6.07, 6.45) is -3.30. The number of aromatic amines is 1. The zero-order chi connectivity index (χ0) is 24.3. The molecule has 3 heterocycles. The molecule has 12 heteroatoms. The number of fused-ring (bicyclic) bond motifs is 1. The van der Waals surface area contributed by atoms with Gasteiger partial charge < -0.3 is 14.4 Å². The fourth-order valence-corrected chi connectivity index (χ4v) is 4.68. The average Bonchev–Trinajstić information content (AvgIpc) is 3.01. The summed E-state index contributed by atoms with van der Waals surface area (Å²) in [6.45, 7) is 1.28. The lowest BCUT2D eigenvalue weighted by Crippen LogP contribution is -2.37. The minimum absolute atomic E-state index is 0.0822. The number of benzene rings is 1. The molecule has 2 aromatic rings. The van der Waals surface area contributed by atoms with Gasteiger partial charge in [-0.25, -0.2) is 13.8 Å². The van der Waals surface area contributed by atoms with Crippen molar-refractivity contribution in [3.63, 3.8) is 0 Å². The summed E-state index contributed by atoms with van der Waals surface area (Å²) in [5, 5.41) is 10.3. The highest BCUT2D eigenvalue weighted by atomic mass is 31.2. The number of rotatable bonds is 4. The Bertz CT molecular complexity index is 1280. The van der Waals surface area contributed by atoms with Gasteiger partial charge in [0.25, 0.3) is 5.56 Å². The first-order valence-electron chi connectivity index (χ1n) is 10.4. The first-order valence-corrected chi connectivity index (χ1v) is 10.8. The molecule has 1 saturated heterocycles. The summed E-state index contributed by atoms with van der Waals surface area (Å²) >= 11 is 0. The molecule has 0 spiro atoms. The molecule has 0 amide bonds. The number of nitrogens with one attached hydrogen (secondary N) is 1. The van der Waals surface area contributed by atoms with Gasteiger partial charge in [0, 0.05) is 23.7 Å². The largest absolute Gasteiger partial charge is 0.530 e. The molecule has 0 bridgehead atoms. The fourth-order valence-electron chi connectivity index (χ4n) is 3.51. The van der Waals surface area contributed by atoms with Crippen molar-refractivity contribution >= 4 is 7.82 Å². The second kappa shape index (κ2) is 7.68. The number of halogens is 1. The van der Waals surface area contributed by atoms with Gasteiger partial charge in [0.15, 0.2) is 6.23 Å². The standard InChI is InChI=1S/C19H22FN2O8P/c1-10-4-11(2)15-13(5-10)8-27-31(26,30-15)28-9-19(20)6-14(23)17(29-19)22-7-12(3)16(24)21-18(22)25/h4-5,7,14,17,23H,6,8-9H2,1-3H3,(H,21,24,25)/t14-,17-,19+,31?/m1/s1/i9D2. The number of hydrogen-bond donors (Lipinski definition) is 2. The zero-order valence-electron chi connectivity index (χ0n) is 18.9. The Morgan fingerprint density at radius 1 is 1.39 bits per heavy atom. The number of aromatic nitrogens is 2. The lowest BCUT2D eigenvalue weighted by Gasteiger charge is -2.28. The lowest BCUT2D eigenvalue weighted by molar-refractivity contribution is -0.179. The molecule has 10 nitrogen and oxygen atoms in total. The van der Waals surface area contributed by atoms with E-state index in [-0.39, 0.29) is 17.9 Å². The number of nitrogens with zero attached hydrogens (tertiary/aromatic N) is 1. The van der Waals surface area contributed by atoms with E-state index in [0.717, 1.165) is 16.3 Å². The molecule has 1 fully saturated rings. The van der Waals surface area contributed by atoms with Crippen LogP contribution in [0.5, 0.6) is 5.75 Å². The molecule has 2 N–H and O–H groups in total. The number of phosphoric ester groups is 1. The second-order valence-electron chi connectivity index (χ2n) is 7.56. The first kappa shape index (κ1) is 19.4. The van der Waals surface area contributed by atoms with Crippen molar-refractivity contribution in [2.24, 2.45) is 0 Å². The third kappa shape index (κ3) is 4.24. The van der Waals surface area contributed by atoms with E-state index in [1.165, 1.54) is 6.92 Å². The van der Waals surface area contributed by atoms with E-state index < -0.39 is 50.2 Å². The van der Waals surface area contributed by atoms with Crippen LogP contribution in [0.2, 0.25) is 0 Å². The van der Waals surface area contributed by atoms with Crippen LogP contribution in [0.25, 0.3) is 0 Å². The van der Waals surface area contributed by atoms with Gasteiger partial charge >= 0.3 is 13.5 Å². The number of hydrogen-bond acceptors (Lipinski definition) is 8. The molecule has 1 aromatic carbocycles. The number of H-pyrrole nitrogens is 1. The lowest BCUT2D eigenvalue weighted by atomic mass is 10.1. The van der Waals surface area contributed by atoms with Crippen molar-refractivity contribution < 1.29 is 35.1 Å². The van der Waals surface area contributed by atoms with E-state index in [1.807, 2.05) is 11.9 Å². The Morgan fingerprint density at radius 2 is 2.13 bits per heavy atom. The first-order chi connectivity index (χ1) is 15.2. The molecule has 2 aliphatic heterocycles. The van der Waals surface area contributed by atoms with Crippen LogP contribution >= 0.6 is 7.82 Å². The number of alkyl halides is 1. The van der Waals surface area contributed by atoms with Gasteiger partial charge in [-0.2, -0.15) is 0 Å². The Hall–Kier alpha value is -2.30. The summed E-state index contributed by atoms with van der Waals surface area (Å²) in [7, 11) is -4.63. The van der Waals surface area contributed by atoms with Gasteiger partial charge in [-0.1, -0.05) is 17.7 Å². The highest BCUT2D eigenvalue weighted by Gasteiger charge is 2.50. The van der Waals surface area contributed by atoms with E-state index in [1.54, 1.807) is 19.1 Å². The summed E-state index contributed by atoms with van der Waals surface area (Å²) < 4.78 is 66.0. The van der Waals surface area contributed by atoms with Gasteiger partial charge in [-0.3, -0.25) is 23.4 Å². The van der Waals surface area contributed by atoms with E-state index in [0.29, 0.717) is 11.1 Å². The summed E-state index contributed by atoms with van der Waals surface area (Å²) in [4.78, 5) is 25.7. The van der Waals surface area contributed by atoms with Crippen LogP contribution in [0, 0.1) is 20.8 Å². The van der Waals surface area contributed by atoms with Crippen LogP contribution in [-0.2, 0) is 25.0 Å². The Kier molecular flexibility index (Phi) is 4.81.